The van der Waals surface area contributed by atoms with Crippen LogP contribution in [0.25, 0.3) is 22.0 Å². The lowest BCUT2D eigenvalue weighted by Gasteiger charge is -2.28. The molecule has 3 aromatic rings. The summed E-state index contributed by atoms with van der Waals surface area (Å²) in [6, 6.07) is 17.0. The van der Waals surface area contributed by atoms with Crippen molar-refractivity contribution in [3.05, 3.63) is 65.4 Å². The predicted molar refractivity (Wildman–Crippen MR) is 122 cm³/mol. The molecular formula is C26H26N4O. The average molecular weight is 411 g/mol. The summed E-state index contributed by atoms with van der Waals surface area (Å²) >= 11 is 0. The van der Waals surface area contributed by atoms with Gasteiger partial charge in [0.05, 0.1) is 22.6 Å². The van der Waals surface area contributed by atoms with Crippen molar-refractivity contribution in [3.8, 4) is 17.2 Å². The molecule has 1 aliphatic heterocycles. The third kappa shape index (κ3) is 3.47. The molecule has 1 saturated carbocycles. The molecule has 2 aromatic carbocycles. The van der Waals surface area contributed by atoms with E-state index in [1.54, 1.807) is 6.20 Å². The minimum Gasteiger partial charge on any atom is -0.336 e. The van der Waals surface area contributed by atoms with Gasteiger partial charge in [0.2, 0.25) is 0 Å². The van der Waals surface area contributed by atoms with Crippen molar-refractivity contribution < 1.29 is 4.79 Å². The van der Waals surface area contributed by atoms with Crippen LogP contribution in [-0.2, 0) is 11.8 Å². The summed E-state index contributed by atoms with van der Waals surface area (Å²) in [6.07, 6.45) is 4.54. The number of benzene rings is 2. The zero-order chi connectivity index (χ0) is 21.4. The summed E-state index contributed by atoms with van der Waals surface area (Å²) in [6.45, 7) is 5.16. The van der Waals surface area contributed by atoms with Crippen LogP contribution in [0.4, 0.5) is 0 Å². The Morgan fingerprint density at radius 2 is 1.90 bits per heavy atom. The molecule has 2 fully saturated rings. The standard InChI is InChI=1S/C26H26N4O/c1-2-18-3-8-21-23(15-18)29-16-22(25(31)30-13-11-28-12-14-30)24(21)19-4-6-20(7-5-19)26(17-27)9-10-26/h3-8,15-16,28H,2,9-14H2,1H3. The first-order chi connectivity index (χ1) is 15.1. The minimum absolute atomic E-state index is 0.0326. The quantitative estimate of drug-likeness (QED) is 0.704. The number of amides is 1. The highest BCUT2D eigenvalue weighted by Crippen LogP contribution is 2.48. The lowest BCUT2D eigenvalue weighted by atomic mass is 9.91. The van der Waals surface area contributed by atoms with Crippen LogP contribution < -0.4 is 5.32 Å². The monoisotopic (exact) mass is 410 g/mol. The molecule has 2 heterocycles. The Hall–Kier alpha value is -3.23. The van der Waals surface area contributed by atoms with Crippen LogP contribution in [0.2, 0.25) is 0 Å². The van der Waals surface area contributed by atoms with E-state index in [1.807, 2.05) is 4.90 Å². The smallest absolute Gasteiger partial charge is 0.256 e. The molecule has 1 N–H and O–H groups in total. The summed E-state index contributed by atoms with van der Waals surface area (Å²) in [5.74, 6) is 0.0326. The molecule has 0 radical (unpaired) electrons. The largest absolute Gasteiger partial charge is 0.336 e. The number of pyridine rings is 1. The molecule has 2 aliphatic rings. The molecule has 0 spiro atoms. The van der Waals surface area contributed by atoms with Crippen LogP contribution in [0.15, 0.2) is 48.7 Å². The van der Waals surface area contributed by atoms with Gasteiger partial charge >= 0.3 is 0 Å². The van der Waals surface area contributed by atoms with E-state index in [0.29, 0.717) is 18.7 Å². The molecular weight excluding hydrogens is 384 g/mol. The van der Waals surface area contributed by atoms with Gasteiger partial charge in [-0.05, 0) is 42.0 Å². The highest BCUT2D eigenvalue weighted by molar-refractivity contribution is 6.08. The lowest BCUT2D eigenvalue weighted by Crippen LogP contribution is -2.46. The van der Waals surface area contributed by atoms with Crippen molar-refractivity contribution in [2.24, 2.45) is 0 Å². The molecule has 1 aromatic heterocycles. The molecule has 0 bridgehead atoms. The number of aromatic nitrogens is 1. The first-order valence-electron chi connectivity index (χ1n) is 11.1. The minimum atomic E-state index is -0.311. The Morgan fingerprint density at radius 1 is 1.16 bits per heavy atom. The first kappa shape index (κ1) is 19.7. The second kappa shape index (κ2) is 7.79. The molecule has 1 amide bonds. The number of carbonyl (C=O) groups excluding carboxylic acids is 1. The predicted octanol–water partition coefficient (Wildman–Crippen LogP) is 4.06. The summed E-state index contributed by atoms with van der Waals surface area (Å²) in [4.78, 5) is 20.0. The van der Waals surface area contributed by atoms with Gasteiger partial charge in [-0.1, -0.05) is 43.3 Å². The third-order valence-electron chi connectivity index (χ3n) is 6.67. The van der Waals surface area contributed by atoms with Gasteiger partial charge in [-0.15, -0.1) is 0 Å². The van der Waals surface area contributed by atoms with Gasteiger partial charge in [-0.3, -0.25) is 9.78 Å². The van der Waals surface area contributed by atoms with Crippen LogP contribution in [0.3, 0.4) is 0 Å². The van der Waals surface area contributed by atoms with Gasteiger partial charge < -0.3 is 10.2 Å². The number of aryl methyl sites for hydroxylation is 1. The molecule has 0 atom stereocenters. The molecule has 1 saturated heterocycles. The maximum atomic E-state index is 13.5. The number of carbonyl (C=O) groups is 1. The van der Waals surface area contributed by atoms with Crippen molar-refractivity contribution in [2.75, 3.05) is 26.2 Å². The normalized spacial score (nSPS) is 17.4. The van der Waals surface area contributed by atoms with Gasteiger partial charge in [0, 0.05) is 43.3 Å². The van der Waals surface area contributed by atoms with E-state index >= 15 is 0 Å². The fourth-order valence-corrected chi connectivity index (χ4v) is 4.52. The Balaban J connectivity index is 1.64. The Labute approximate surface area is 182 Å². The fourth-order valence-electron chi connectivity index (χ4n) is 4.52. The molecule has 5 rings (SSSR count). The number of rotatable bonds is 4. The van der Waals surface area contributed by atoms with Gasteiger partial charge in [-0.25, -0.2) is 0 Å². The van der Waals surface area contributed by atoms with Gasteiger partial charge in [0.15, 0.2) is 0 Å². The Bertz CT molecular complexity index is 1180. The topological polar surface area (TPSA) is 69.0 Å². The summed E-state index contributed by atoms with van der Waals surface area (Å²) < 4.78 is 0. The molecule has 5 nitrogen and oxygen atoms in total. The van der Waals surface area contributed by atoms with E-state index in [-0.39, 0.29) is 11.3 Å². The highest BCUT2D eigenvalue weighted by atomic mass is 16.2. The maximum Gasteiger partial charge on any atom is 0.256 e. The second-order valence-corrected chi connectivity index (χ2v) is 8.57. The zero-order valence-corrected chi connectivity index (χ0v) is 17.8. The van der Waals surface area contributed by atoms with Crippen molar-refractivity contribution in [3.63, 3.8) is 0 Å². The number of nitrogens with zero attached hydrogens (tertiary/aromatic N) is 3. The number of hydrogen-bond donors (Lipinski definition) is 1. The molecule has 31 heavy (non-hydrogen) atoms. The van der Waals surface area contributed by atoms with Crippen molar-refractivity contribution in [1.29, 1.82) is 5.26 Å². The lowest BCUT2D eigenvalue weighted by molar-refractivity contribution is 0.0736. The zero-order valence-electron chi connectivity index (χ0n) is 17.8. The maximum absolute atomic E-state index is 13.5. The third-order valence-corrected chi connectivity index (χ3v) is 6.67. The first-order valence-corrected chi connectivity index (χ1v) is 11.1. The van der Waals surface area contributed by atoms with E-state index in [4.69, 9.17) is 0 Å². The van der Waals surface area contributed by atoms with Crippen LogP contribution in [0, 0.1) is 11.3 Å². The van der Waals surface area contributed by atoms with Crippen LogP contribution in [-0.4, -0.2) is 42.0 Å². The van der Waals surface area contributed by atoms with Crippen LogP contribution >= 0.6 is 0 Å². The van der Waals surface area contributed by atoms with Gasteiger partial charge in [-0.2, -0.15) is 5.26 Å². The second-order valence-electron chi connectivity index (χ2n) is 8.57. The number of hydrogen-bond acceptors (Lipinski definition) is 4. The fraction of sp³-hybridized carbons (Fsp3) is 0.346. The Morgan fingerprint density at radius 3 is 2.55 bits per heavy atom. The highest BCUT2D eigenvalue weighted by Gasteiger charge is 2.44. The van der Waals surface area contributed by atoms with Crippen LogP contribution in [0.5, 0.6) is 0 Å². The number of piperazine rings is 1. The SMILES string of the molecule is CCc1ccc2c(-c3ccc(C4(C#N)CC4)cc3)c(C(=O)N3CCNCC3)cnc2c1. The van der Waals surface area contributed by atoms with E-state index in [1.165, 1.54) is 5.56 Å². The summed E-state index contributed by atoms with van der Waals surface area (Å²) in [5, 5.41) is 13.8. The van der Waals surface area contributed by atoms with Crippen molar-refractivity contribution >= 4 is 16.8 Å². The summed E-state index contributed by atoms with van der Waals surface area (Å²) in [5.41, 5.74) is 5.47. The van der Waals surface area contributed by atoms with E-state index in [2.05, 4.69) is 65.8 Å². The van der Waals surface area contributed by atoms with Crippen molar-refractivity contribution in [1.82, 2.24) is 15.2 Å². The van der Waals surface area contributed by atoms with E-state index in [0.717, 1.165) is 59.9 Å². The number of nitrogens with one attached hydrogen (secondary N) is 1. The Kier molecular flexibility index (Phi) is 4.95. The molecule has 0 unspecified atom stereocenters. The average Bonchev–Trinajstić information content (AvgIpc) is 3.64. The number of fused-ring (bicyclic) bond motifs is 1. The van der Waals surface area contributed by atoms with Crippen LogP contribution in [0.1, 0.15) is 41.3 Å². The van der Waals surface area contributed by atoms with Gasteiger partial charge in [0.25, 0.3) is 5.91 Å². The van der Waals surface area contributed by atoms with Crippen molar-refractivity contribution in [2.45, 2.75) is 31.6 Å². The number of nitriles is 1. The summed E-state index contributed by atoms with van der Waals surface area (Å²) in [7, 11) is 0. The van der Waals surface area contributed by atoms with Gasteiger partial charge in [0.1, 0.15) is 0 Å². The van der Waals surface area contributed by atoms with E-state index in [9.17, 15) is 10.1 Å². The molecule has 156 valence electrons. The molecule has 5 heteroatoms. The molecule has 1 aliphatic carbocycles. The van der Waals surface area contributed by atoms with E-state index < -0.39 is 0 Å².